The molecule has 0 unspecified atom stereocenters. The van der Waals surface area contributed by atoms with Gasteiger partial charge in [0.15, 0.2) is 0 Å². The Kier molecular flexibility index (Phi) is 8.49. The zero-order valence-corrected chi connectivity index (χ0v) is 25.4. The average Bonchev–Trinajstić information content (AvgIpc) is 3.51. The number of esters is 2. The summed E-state index contributed by atoms with van der Waals surface area (Å²) in [5.74, 6) is -0.891. The predicted octanol–water partition coefficient (Wildman–Crippen LogP) is 7.96. The van der Waals surface area contributed by atoms with Crippen LogP contribution >= 0.6 is 0 Å². The second kappa shape index (κ2) is 12.3. The van der Waals surface area contributed by atoms with Gasteiger partial charge < -0.3 is 14.0 Å². The Hall–Kier alpha value is -5.05. The molecule has 0 N–H and O–H groups in total. The number of methoxy groups -OCH3 is 2. The van der Waals surface area contributed by atoms with Crippen LogP contribution in [0.15, 0.2) is 95.1 Å². The van der Waals surface area contributed by atoms with Crippen molar-refractivity contribution in [2.24, 2.45) is 4.99 Å². The highest BCUT2D eigenvalue weighted by molar-refractivity contribution is 6.41. The van der Waals surface area contributed by atoms with Gasteiger partial charge >= 0.3 is 19.3 Å². The molecule has 3 aromatic carbocycles. The van der Waals surface area contributed by atoms with Gasteiger partial charge in [-0.05, 0) is 121 Å². The fraction of sp³-hybridized carbons (Fsp3) is 0.171. The first kappa shape index (κ1) is 30.4. The Balaban J connectivity index is 1.81. The van der Waals surface area contributed by atoms with Crippen LogP contribution in [-0.4, -0.2) is 43.7 Å². The van der Waals surface area contributed by atoms with E-state index in [4.69, 9.17) is 14.5 Å². The number of allylic oxidation sites excluding steroid dienone is 2. The highest BCUT2D eigenvalue weighted by atomic mass is 19.2. The molecule has 0 radical (unpaired) electrons. The van der Waals surface area contributed by atoms with E-state index in [1.54, 1.807) is 37.3 Å². The molecule has 1 aliphatic heterocycles. The highest BCUT2D eigenvalue weighted by Gasteiger charge is 2.29. The molecule has 0 atom stereocenters. The number of carbonyl (C=O) groups is 2. The average molecular weight is 592 g/mol. The first-order chi connectivity index (χ1) is 21.0. The van der Waals surface area contributed by atoms with Crippen LogP contribution in [0.2, 0.25) is 0 Å². The first-order valence-corrected chi connectivity index (χ1v) is 14.0. The van der Waals surface area contributed by atoms with Crippen molar-refractivity contribution in [1.82, 2.24) is 4.48 Å². The Labute approximate surface area is 255 Å². The molecule has 2 heterocycles. The minimum atomic E-state index is -2.76. The number of aliphatic imine (C=N–C) groups is 1. The van der Waals surface area contributed by atoms with E-state index in [9.17, 15) is 18.2 Å². The molecule has 9 heteroatoms. The number of hydrogen-bond donors (Lipinski definition) is 0. The van der Waals surface area contributed by atoms with Crippen LogP contribution in [-0.2, 0) is 9.47 Å². The van der Waals surface area contributed by atoms with E-state index < -0.39 is 19.3 Å². The van der Waals surface area contributed by atoms with E-state index in [-0.39, 0.29) is 0 Å². The number of ether oxygens (including phenoxy) is 2. The van der Waals surface area contributed by atoms with Gasteiger partial charge in [0.05, 0.1) is 31.0 Å². The third-order valence-corrected chi connectivity index (χ3v) is 7.68. The standard InChI is InChI=1S/C35H31BF2N2O4/c1-20-15-22(3)39-32(20)31(33-21(2)16-23(4)40(33)36(37)38)30-18-28(24-7-11-26(12-8-24)34(41)43-5)17-29(19-30)25-9-13-27(14-10-25)35(42)44-6/h7-19H,1-6H3/b32-31-. The van der Waals surface area contributed by atoms with Crippen LogP contribution in [0.1, 0.15) is 57.1 Å². The Bertz CT molecular complexity index is 1790. The van der Waals surface area contributed by atoms with Crippen LogP contribution in [0.5, 0.6) is 0 Å². The van der Waals surface area contributed by atoms with Crippen LogP contribution in [0, 0.1) is 13.8 Å². The van der Waals surface area contributed by atoms with Crippen molar-refractivity contribution in [3.05, 3.63) is 124 Å². The third kappa shape index (κ3) is 5.77. The number of nitrogens with zero attached hydrogens (tertiary/aromatic N) is 2. The van der Waals surface area contributed by atoms with E-state index in [0.717, 1.165) is 38.0 Å². The zero-order valence-electron chi connectivity index (χ0n) is 25.4. The SMILES string of the molecule is COC(=O)c1ccc(-c2cc(/C(=C3/N=C(C)C=C3C)c3c(C)cc(C)n3B(F)F)cc(-c3ccc(C(=O)OC)cc3)c2)cc1. The van der Waals surface area contributed by atoms with Crippen LogP contribution in [0.25, 0.3) is 27.8 Å². The molecule has 6 nitrogen and oxygen atoms in total. The minimum Gasteiger partial charge on any atom is -0.465 e. The van der Waals surface area contributed by atoms with Crippen molar-refractivity contribution in [2.75, 3.05) is 14.2 Å². The van der Waals surface area contributed by atoms with Gasteiger partial charge in [0.2, 0.25) is 0 Å². The fourth-order valence-electron chi connectivity index (χ4n) is 5.64. The molecule has 0 spiro atoms. The lowest BCUT2D eigenvalue weighted by atomic mass is 9.89. The molecular formula is C35H31BF2N2O4. The topological polar surface area (TPSA) is 69.9 Å². The number of rotatable bonds is 7. The molecule has 0 amide bonds. The summed E-state index contributed by atoms with van der Waals surface area (Å²) in [5, 5.41) is 0. The second-order valence-electron chi connectivity index (χ2n) is 10.7. The summed E-state index contributed by atoms with van der Waals surface area (Å²) in [6.45, 7) is 7.31. The normalized spacial score (nSPS) is 13.7. The maximum atomic E-state index is 14.6. The second-order valence-corrected chi connectivity index (χ2v) is 10.7. The molecule has 0 aliphatic carbocycles. The van der Waals surface area contributed by atoms with E-state index in [0.29, 0.717) is 44.9 Å². The monoisotopic (exact) mass is 592 g/mol. The summed E-state index contributed by atoms with van der Waals surface area (Å²) in [6.07, 6.45) is 1.94. The van der Waals surface area contributed by atoms with E-state index in [2.05, 4.69) is 0 Å². The molecule has 1 aliphatic rings. The summed E-state index contributed by atoms with van der Waals surface area (Å²) in [5.41, 5.74) is 9.13. The van der Waals surface area contributed by atoms with Gasteiger partial charge in [-0.3, -0.25) is 13.6 Å². The van der Waals surface area contributed by atoms with Gasteiger partial charge in [0, 0.05) is 22.7 Å². The summed E-state index contributed by atoms with van der Waals surface area (Å²) >= 11 is 0. The molecule has 0 saturated carbocycles. The van der Waals surface area contributed by atoms with E-state index >= 15 is 0 Å². The minimum absolute atomic E-state index is 0.392. The molecule has 1 aromatic heterocycles. The number of aryl methyl sites for hydroxylation is 2. The third-order valence-electron chi connectivity index (χ3n) is 7.68. The lowest BCUT2D eigenvalue weighted by Crippen LogP contribution is -2.18. The van der Waals surface area contributed by atoms with Crippen molar-refractivity contribution >= 4 is 30.6 Å². The van der Waals surface area contributed by atoms with Crippen LogP contribution < -0.4 is 0 Å². The van der Waals surface area contributed by atoms with Crippen molar-refractivity contribution < 1.29 is 27.7 Å². The van der Waals surface area contributed by atoms with Gasteiger partial charge in [-0.1, -0.05) is 24.3 Å². The van der Waals surface area contributed by atoms with Gasteiger partial charge in [-0.2, -0.15) is 0 Å². The molecule has 4 aromatic rings. The maximum Gasteiger partial charge on any atom is 0.677 e. The smallest absolute Gasteiger partial charge is 0.465 e. The van der Waals surface area contributed by atoms with Crippen molar-refractivity contribution in [3.63, 3.8) is 0 Å². The van der Waals surface area contributed by atoms with Gasteiger partial charge in [0.1, 0.15) is 0 Å². The number of hydrogen-bond acceptors (Lipinski definition) is 5. The number of aromatic nitrogens is 1. The summed E-state index contributed by atoms with van der Waals surface area (Å²) in [4.78, 5) is 29.0. The molecule has 0 bridgehead atoms. The maximum absolute atomic E-state index is 14.6. The van der Waals surface area contributed by atoms with Gasteiger partial charge in [0.25, 0.3) is 0 Å². The first-order valence-electron chi connectivity index (χ1n) is 14.0. The molecule has 0 saturated heterocycles. The molecule has 5 rings (SSSR count). The van der Waals surface area contributed by atoms with E-state index in [1.807, 2.05) is 69.3 Å². The zero-order chi connectivity index (χ0) is 31.7. The largest absolute Gasteiger partial charge is 0.677 e. The highest BCUT2D eigenvalue weighted by Crippen LogP contribution is 2.40. The molecular weight excluding hydrogens is 561 g/mol. The Morgan fingerprint density at radius 2 is 1.20 bits per heavy atom. The molecule has 0 fully saturated rings. The Morgan fingerprint density at radius 3 is 1.61 bits per heavy atom. The van der Waals surface area contributed by atoms with Crippen LogP contribution in [0.4, 0.5) is 8.63 Å². The molecule has 222 valence electrons. The summed E-state index contributed by atoms with van der Waals surface area (Å²) in [6, 6.07) is 21.7. The van der Waals surface area contributed by atoms with E-state index in [1.165, 1.54) is 14.2 Å². The lowest BCUT2D eigenvalue weighted by molar-refractivity contribution is 0.0592. The quantitative estimate of drug-likeness (QED) is 0.161. The van der Waals surface area contributed by atoms with Crippen molar-refractivity contribution in [3.8, 4) is 22.3 Å². The van der Waals surface area contributed by atoms with Crippen molar-refractivity contribution in [1.29, 1.82) is 0 Å². The predicted molar refractivity (Wildman–Crippen MR) is 170 cm³/mol. The molecule has 44 heavy (non-hydrogen) atoms. The number of benzene rings is 3. The summed E-state index contributed by atoms with van der Waals surface area (Å²) < 4.78 is 40.0. The Morgan fingerprint density at radius 1 is 0.705 bits per heavy atom. The van der Waals surface area contributed by atoms with Crippen LogP contribution in [0.3, 0.4) is 0 Å². The van der Waals surface area contributed by atoms with Gasteiger partial charge in [-0.15, -0.1) is 0 Å². The fourth-order valence-corrected chi connectivity index (χ4v) is 5.64. The number of halogens is 2. The summed E-state index contributed by atoms with van der Waals surface area (Å²) in [7, 11) is -0.103. The van der Waals surface area contributed by atoms with Crippen molar-refractivity contribution in [2.45, 2.75) is 27.7 Å². The number of carbonyl (C=O) groups excluding carboxylic acids is 2. The van der Waals surface area contributed by atoms with Gasteiger partial charge in [-0.25, -0.2) is 9.59 Å². The lowest BCUT2D eigenvalue weighted by Gasteiger charge is -2.19.